The van der Waals surface area contributed by atoms with Gasteiger partial charge in [0, 0.05) is 31.4 Å². The molecule has 0 radical (unpaired) electrons. The minimum Gasteiger partial charge on any atom is -0.492 e. The van der Waals surface area contributed by atoms with E-state index in [0.29, 0.717) is 37.1 Å². The van der Waals surface area contributed by atoms with E-state index in [1.54, 1.807) is 18.6 Å². The molecule has 0 aromatic carbocycles. The predicted molar refractivity (Wildman–Crippen MR) is 109 cm³/mol. The zero-order chi connectivity index (χ0) is 22.6. The number of rotatable bonds is 8. The Kier molecular flexibility index (Phi) is 7.35. The van der Waals surface area contributed by atoms with Crippen LogP contribution < -0.4 is 14.8 Å². The summed E-state index contributed by atoms with van der Waals surface area (Å²) in [6.45, 7) is 6.25. The lowest BCUT2D eigenvalue weighted by Crippen LogP contribution is -2.59. The highest BCUT2D eigenvalue weighted by Crippen LogP contribution is 2.32. The van der Waals surface area contributed by atoms with Gasteiger partial charge in [-0.05, 0) is 26.8 Å². The molecule has 1 unspecified atom stereocenters. The molecule has 2 N–H and O–H groups in total. The molecule has 3 heterocycles. The van der Waals surface area contributed by atoms with Gasteiger partial charge in [-0.2, -0.15) is 13.2 Å². The van der Waals surface area contributed by atoms with Gasteiger partial charge in [-0.15, -0.1) is 0 Å². The van der Waals surface area contributed by atoms with Crippen molar-refractivity contribution >= 4 is 11.0 Å². The second-order valence-corrected chi connectivity index (χ2v) is 9.01. The highest BCUT2D eigenvalue weighted by Gasteiger charge is 2.38. The smallest absolute Gasteiger partial charge is 0.402 e. The van der Waals surface area contributed by atoms with Crippen molar-refractivity contribution in [3.8, 4) is 17.1 Å². The highest BCUT2D eigenvalue weighted by atomic mass is 32.2. The van der Waals surface area contributed by atoms with E-state index in [2.05, 4.69) is 15.3 Å². The van der Waals surface area contributed by atoms with Crippen LogP contribution in [0, 0.1) is 0 Å². The van der Waals surface area contributed by atoms with Crippen molar-refractivity contribution in [3.63, 3.8) is 0 Å². The summed E-state index contributed by atoms with van der Waals surface area (Å²) in [5.74, 6) is 1.59. The fraction of sp³-hybridized carbons (Fsp3) is 0.579. The van der Waals surface area contributed by atoms with Crippen molar-refractivity contribution in [1.82, 2.24) is 24.9 Å². The minimum absolute atomic E-state index is 0.267. The third-order valence-corrected chi connectivity index (χ3v) is 6.20. The standard InChI is InChI=1S/C19H26F3N5O3S/c1-4-29-14-7-13(8-23-9-14)15-10-25-17(30-15)18(2,3)27-6-5-24-16(11-27)31(28)26-12-19(20,21)22/h7-10,16,24,26H,4-6,11-12H2,1-3H3/t16-,31?/m1/s1. The largest absolute Gasteiger partial charge is 0.492 e. The number of halogens is 3. The zero-order valence-corrected chi connectivity index (χ0v) is 18.3. The average molecular weight is 462 g/mol. The quantitative estimate of drug-likeness (QED) is 0.624. The van der Waals surface area contributed by atoms with Crippen molar-refractivity contribution in [1.29, 1.82) is 0 Å². The van der Waals surface area contributed by atoms with Gasteiger partial charge in [0.2, 0.25) is 5.89 Å². The lowest BCUT2D eigenvalue weighted by Gasteiger charge is -2.41. The molecule has 172 valence electrons. The topological polar surface area (TPSA) is 92.5 Å². The summed E-state index contributed by atoms with van der Waals surface area (Å²) in [5, 5.41) is 2.36. The van der Waals surface area contributed by atoms with Crippen molar-refractivity contribution < 1.29 is 26.5 Å². The number of oxazole rings is 1. The van der Waals surface area contributed by atoms with E-state index in [9.17, 15) is 17.4 Å². The van der Waals surface area contributed by atoms with Gasteiger partial charge in [0.1, 0.15) is 28.7 Å². The third-order valence-electron chi connectivity index (χ3n) is 4.94. The number of piperazine rings is 1. The number of nitrogens with zero attached hydrogens (tertiary/aromatic N) is 3. The number of nitrogens with one attached hydrogen (secondary N) is 2. The Balaban J connectivity index is 1.71. The molecule has 8 nitrogen and oxygen atoms in total. The van der Waals surface area contributed by atoms with E-state index >= 15 is 0 Å². The third kappa shape index (κ3) is 6.03. The van der Waals surface area contributed by atoms with Crippen LogP contribution in [-0.2, 0) is 16.5 Å². The van der Waals surface area contributed by atoms with Gasteiger partial charge in [0.25, 0.3) is 0 Å². The van der Waals surface area contributed by atoms with Gasteiger partial charge in [-0.3, -0.25) is 15.2 Å². The van der Waals surface area contributed by atoms with Gasteiger partial charge in [-0.1, -0.05) is 0 Å². The average Bonchev–Trinajstić information content (AvgIpc) is 3.23. The first-order chi connectivity index (χ1) is 14.6. The number of hydrogen-bond donors (Lipinski definition) is 2. The first kappa shape index (κ1) is 23.6. The van der Waals surface area contributed by atoms with Gasteiger partial charge >= 0.3 is 6.18 Å². The molecule has 0 spiro atoms. The summed E-state index contributed by atoms with van der Waals surface area (Å²) in [4.78, 5) is 10.6. The van der Waals surface area contributed by atoms with Gasteiger partial charge in [0.15, 0.2) is 5.76 Å². The SMILES string of the molecule is CCOc1cncc(-c2cnc(C(C)(C)N3CCN[C@H](S(=O)NCC(F)(F)F)C3)o2)c1. The van der Waals surface area contributed by atoms with Crippen molar-refractivity contribution in [2.45, 2.75) is 37.9 Å². The number of hydrogen-bond acceptors (Lipinski definition) is 7. The molecule has 0 bridgehead atoms. The minimum atomic E-state index is -4.42. The molecule has 1 aliphatic heterocycles. The molecule has 1 saturated heterocycles. The van der Waals surface area contributed by atoms with Crippen LogP contribution in [0.4, 0.5) is 13.2 Å². The molecular weight excluding hydrogens is 435 g/mol. The Bertz CT molecular complexity index is 906. The van der Waals surface area contributed by atoms with E-state index < -0.39 is 34.6 Å². The first-order valence-electron chi connectivity index (χ1n) is 9.84. The van der Waals surface area contributed by atoms with Gasteiger partial charge in [0.05, 0.1) is 24.5 Å². The maximum absolute atomic E-state index is 12.4. The molecule has 2 atom stereocenters. The molecule has 0 amide bonds. The number of aromatic nitrogens is 2. The Morgan fingerprint density at radius 1 is 1.35 bits per heavy atom. The summed E-state index contributed by atoms with van der Waals surface area (Å²) < 4.78 is 63.1. The van der Waals surface area contributed by atoms with E-state index in [4.69, 9.17) is 9.15 Å². The van der Waals surface area contributed by atoms with Crippen LogP contribution >= 0.6 is 0 Å². The van der Waals surface area contributed by atoms with Crippen LogP contribution in [0.5, 0.6) is 5.75 Å². The first-order valence-corrected chi connectivity index (χ1v) is 11.0. The lowest BCUT2D eigenvalue weighted by molar-refractivity contribution is -0.121. The van der Waals surface area contributed by atoms with Crippen LogP contribution in [-0.4, -0.2) is 63.4 Å². The second-order valence-electron chi connectivity index (χ2n) is 7.55. The Morgan fingerprint density at radius 3 is 2.84 bits per heavy atom. The van der Waals surface area contributed by atoms with Crippen molar-refractivity contribution in [3.05, 3.63) is 30.5 Å². The number of pyridine rings is 1. The molecule has 2 aromatic rings. The maximum Gasteiger partial charge on any atom is 0.402 e. The van der Waals surface area contributed by atoms with Crippen molar-refractivity contribution in [2.24, 2.45) is 0 Å². The monoisotopic (exact) mass is 461 g/mol. The highest BCUT2D eigenvalue weighted by molar-refractivity contribution is 7.83. The fourth-order valence-electron chi connectivity index (χ4n) is 3.25. The molecule has 0 aliphatic carbocycles. The molecule has 2 aromatic heterocycles. The summed E-state index contributed by atoms with van der Waals surface area (Å²) in [5.41, 5.74) is 0.0498. The normalized spacial score (nSPS) is 19.4. The van der Waals surface area contributed by atoms with Crippen LogP contribution in [0.1, 0.15) is 26.7 Å². The van der Waals surface area contributed by atoms with E-state index in [1.165, 1.54) is 0 Å². The predicted octanol–water partition coefficient (Wildman–Crippen LogP) is 2.42. The van der Waals surface area contributed by atoms with E-state index in [-0.39, 0.29) is 6.54 Å². The molecule has 0 saturated carbocycles. The Morgan fingerprint density at radius 2 is 2.13 bits per heavy atom. The van der Waals surface area contributed by atoms with Crippen molar-refractivity contribution in [2.75, 3.05) is 32.8 Å². The molecule has 1 fully saturated rings. The molecule has 31 heavy (non-hydrogen) atoms. The molecular formula is C19H26F3N5O3S. The van der Waals surface area contributed by atoms with Crippen LogP contribution in [0.15, 0.2) is 29.1 Å². The van der Waals surface area contributed by atoms with Gasteiger partial charge in [-0.25, -0.2) is 13.9 Å². The van der Waals surface area contributed by atoms with Crippen LogP contribution in [0.3, 0.4) is 0 Å². The molecule has 1 aliphatic rings. The summed E-state index contributed by atoms with van der Waals surface area (Å²) in [6, 6.07) is 1.81. The fourth-order valence-corrected chi connectivity index (χ4v) is 4.34. The number of alkyl halides is 3. The van der Waals surface area contributed by atoms with E-state index in [1.807, 2.05) is 36.5 Å². The zero-order valence-electron chi connectivity index (χ0n) is 17.5. The van der Waals surface area contributed by atoms with Crippen LogP contribution in [0.2, 0.25) is 0 Å². The van der Waals surface area contributed by atoms with Gasteiger partial charge < -0.3 is 9.15 Å². The van der Waals surface area contributed by atoms with E-state index in [0.717, 1.165) is 5.56 Å². The molecule has 12 heteroatoms. The summed E-state index contributed by atoms with van der Waals surface area (Å²) in [7, 11) is -1.89. The number of ether oxygens (including phenoxy) is 1. The second kappa shape index (κ2) is 9.63. The summed E-state index contributed by atoms with van der Waals surface area (Å²) >= 11 is 0. The molecule has 3 rings (SSSR count). The summed E-state index contributed by atoms with van der Waals surface area (Å²) in [6.07, 6.45) is 0.441. The Labute approximate surface area is 181 Å². The van der Waals surface area contributed by atoms with Crippen LogP contribution in [0.25, 0.3) is 11.3 Å². The Hall–Kier alpha value is -2.02. The lowest BCUT2D eigenvalue weighted by atomic mass is 10.0. The maximum atomic E-state index is 12.4.